The number of rotatable bonds is 4. The molecule has 0 aromatic heterocycles. The smallest absolute Gasteiger partial charge is 0.147 e. The predicted octanol–water partition coefficient (Wildman–Crippen LogP) is 1.91. The average molecular weight is 266 g/mol. The summed E-state index contributed by atoms with van der Waals surface area (Å²) in [7, 11) is -3.10. The van der Waals surface area contributed by atoms with Crippen molar-refractivity contribution in [2.24, 2.45) is 5.73 Å². The molecule has 0 aliphatic rings. The third-order valence-electron chi connectivity index (χ3n) is 2.17. The molecule has 0 fully saturated rings. The lowest BCUT2D eigenvalue weighted by atomic mass is 10.1. The summed E-state index contributed by atoms with van der Waals surface area (Å²) < 4.78 is 35.3. The van der Waals surface area contributed by atoms with E-state index in [1.807, 2.05) is 0 Å². The summed E-state index contributed by atoms with van der Waals surface area (Å²) in [6, 6.07) is 3.55. The molecule has 0 amide bonds. The zero-order chi connectivity index (χ0) is 12.3. The summed E-state index contributed by atoms with van der Waals surface area (Å²) in [5.41, 5.74) is 5.89. The lowest BCUT2D eigenvalue weighted by Gasteiger charge is -2.13. The van der Waals surface area contributed by atoms with E-state index < -0.39 is 21.7 Å². The van der Waals surface area contributed by atoms with Gasteiger partial charge in [0, 0.05) is 22.9 Å². The van der Waals surface area contributed by atoms with Crippen LogP contribution in [0.1, 0.15) is 18.0 Å². The predicted molar refractivity (Wildman–Crippen MR) is 62.7 cm³/mol. The van der Waals surface area contributed by atoms with Crippen LogP contribution in [0.2, 0.25) is 5.02 Å². The molecule has 0 aliphatic carbocycles. The van der Waals surface area contributed by atoms with Gasteiger partial charge in [0.15, 0.2) is 0 Å². The lowest BCUT2D eigenvalue weighted by molar-refractivity contribution is 0.566. The van der Waals surface area contributed by atoms with E-state index in [4.69, 9.17) is 17.3 Å². The van der Waals surface area contributed by atoms with Gasteiger partial charge in [-0.15, -0.1) is 0 Å². The molecule has 16 heavy (non-hydrogen) atoms. The molecule has 0 saturated carbocycles. The summed E-state index contributed by atoms with van der Waals surface area (Å²) >= 11 is 5.80. The Morgan fingerprint density at radius 2 is 2.12 bits per heavy atom. The number of halogens is 2. The highest BCUT2D eigenvalue weighted by atomic mass is 35.5. The van der Waals surface area contributed by atoms with Crippen molar-refractivity contribution < 1.29 is 12.8 Å². The van der Waals surface area contributed by atoms with Crippen LogP contribution in [-0.4, -0.2) is 20.4 Å². The van der Waals surface area contributed by atoms with E-state index in [9.17, 15) is 12.8 Å². The topological polar surface area (TPSA) is 60.2 Å². The Bertz CT molecular complexity index is 455. The zero-order valence-electron chi connectivity index (χ0n) is 8.78. The molecule has 0 radical (unpaired) electrons. The van der Waals surface area contributed by atoms with Crippen molar-refractivity contribution in [3.05, 3.63) is 34.6 Å². The van der Waals surface area contributed by atoms with E-state index in [0.717, 1.165) is 6.26 Å². The minimum atomic E-state index is -3.10. The number of hydrogen-bond donors (Lipinski definition) is 1. The molecular formula is C10H13ClFNO2S. The van der Waals surface area contributed by atoms with Crippen LogP contribution in [0.5, 0.6) is 0 Å². The van der Waals surface area contributed by atoms with Crippen molar-refractivity contribution in [2.75, 3.05) is 12.0 Å². The van der Waals surface area contributed by atoms with E-state index in [1.54, 1.807) is 0 Å². The van der Waals surface area contributed by atoms with Crippen LogP contribution < -0.4 is 5.73 Å². The number of sulfone groups is 1. The quantitative estimate of drug-likeness (QED) is 0.905. The van der Waals surface area contributed by atoms with Gasteiger partial charge in [0.2, 0.25) is 0 Å². The van der Waals surface area contributed by atoms with Crippen molar-refractivity contribution >= 4 is 21.4 Å². The molecule has 0 aliphatic heterocycles. The second kappa shape index (κ2) is 5.12. The lowest BCUT2D eigenvalue weighted by Crippen LogP contribution is -2.17. The molecule has 1 atom stereocenters. The van der Waals surface area contributed by atoms with Crippen LogP contribution in [0, 0.1) is 5.82 Å². The first kappa shape index (κ1) is 13.4. The molecule has 3 nitrogen and oxygen atoms in total. The van der Waals surface area contributed by atoms with E-state index in [-0.39, 0.29) is 22.8 Å². The standard InChI is InChI=1S/C10H13ClFNO2S/c1-16(14,15)6-5-9(13)10-7(11)3-2-4-8(10)12/h2-4,9H,5-6,13H2,1H3. The SMILES string of the molecule is CS(=O)(=O)CCC(N)c1c(F)cccc1Cl. The number of hydrogen-bond acceptors (Lipinski definition) is 3. The van der Waals surface area contributed by atoms with Crippen LogP contribution in [-0.2, 0) is 9.84 Å². The molecule has 0 spiro atoms. The molecule has 1 aromatic carbocycles. The van der Waals surface area contributed by atoms with Crippen molar-refractivity contribution in [1.29, 1.82) is 0 Å². The Hall–Kier alpha value is -0.650. The van der Waals surface area contributed by atoms with Crippen LogP contribution in [0.3, 0.4) is 0 Å². The van der Waals surface area contributed by atoms with Gasteiger partial charge in [0.25, 0.3) is 0 Å². The van der Waals surface area contributed by atoms with Crippen LogP contribution in [0.25, 0.3) is 0 Å². The fourth-order valence-corrected chi connectivity index (χ4v) is 2.34. The highest BCUT2D eigenvalue weighted by Crippen LogP contribution is 2.26. The Kier molecular flexibility index (Phi) is 4.29. The van der Waals surface area contributed by atoms with Gasteiger partial charge < -0.3 is 5.73 Å². The van der Waals surface area contributed by atoms with Crippen LogP contribution in [0.15, 0.2) is 18.2 Å². The largest absolute Gasteiger partial charge is 0.324 e. The Morgan fingerprint density at radius 3 is 2.62 bits per heavy atom. The summed E-state index contributed by atoms with van der Waals surface area (Å²) in [5.74, 6) is -0.591. The van der Waals surface area contributed by atoms with Gasteiger partial charge in [0.05, 0.1) is 5.75 Å². The molecule has 1 rings (SSSR count). The number of benzene rings is 1. The zero-order valence-corrected chi connectivity index (χ0v) is 10.4. The molecule has 0 bridgehead atoms. The maximum absolute atomic E-state index is 13.4. The summed E-state index contributed by atoms with van der Waals surface area (Å²) in [4.78, 5) is 0. The van der Waals surface area contributed by atoms with Gasteiger partial charge >= 0.3 is 0 Å². The molecule has 0 saturated heterocycles. The van der Waals surface area contributed by atoms with Gasteiger partial charge in [-0.3, -0.25) is 0 Å². The molecule has 1 unspecified atom stereocenters. The third-order valence-corrected chi connectivity index (χ3v) is 3.48. The summed E-state index contributed by atoms with van der Waals surface area (Å²) in [6.45, 7) is 0. The van der Waals surface area contributed by atoms with E-state index >= 15 is 0 Å². The average Bonchev–Trinajstić information content (AvgIpc) is 2.13. The van der Waals surface area contributed by atoms with Crippen LogP contribution in [0.4, 0.5) is 4.39 Å². The Labute approximate surface area is 99.3 Å². The first-order chi connectivity index (χ1) is 7.31. The monoisotopic (exact) mass is 265 g/mol. The maximum atomic E-state index is 13.4. The first-order valence-corrected chi connectivity index (χ1v) is 7.12. The van der Waals surface area contributed by atoms with Crippen LogP contribution >= 0.6 is 11.6 Å². The maximum Gasteiger partial charge on any atom is 0.147 e. The van der Waals surface area contributed by atoms with Gasteiger partial charge in [0.1, 0.15) is 15.7 Å². The highest BCUT2D eigenvalue weighted by Gasteiger charge is 2.16. The Balaban J connectivity index is 2.85. The van der Waals surface area contributed by atoms with Gasteiger partial charge in [-0.05, 0) is 18.6 Å². The van der Waals surface area contributed by atoms with Crippen molar-refractivity contribution in [3.63, 3.8) is 0 Å². The molecular weight excluding hydrogens is 253 g/mol. The molecule has 90 valence electrons. The first-order valence-electron chi connectivity index (χ1n) is 4.68. The van der Waals surface area contributed by atoms with E-state index in [2.05, 4.69) is 0 Å². The Morgan fingerprint density at radius 1 is 1.50 bits per heavy atom. The third kappa shape index (κ3) is 3.73. The second-order valence-electron chi connectivity index (χ2n) is 3.66. The van der Waals surface area contributed by atoms with Gasteiger partial charge in [-0.2, -0.15) is 0 Å². The normalized spacial score (nSPS) is 13.8. The van der Waals surface area contributed by atoms with E-state index in [1.165, 1.54) is 18.2 Å². The fraction of sp³-hybridized carbons (Fsp3) is 0.400. The molecule has 1 aromatic rings. The molecule has 2 N–H and O–H groups in total. The summed E-state index contributed by atoms with van der Waals surface area (Å²) in [6.07, 6.45) is 1.27. The summed E-state index contributed by atoms with van der Waals surface area (Å²) in [5, 5.41) is 0.223. The number of nitrogens with two attached hydrogens (primary N) is 1. The van der Waals surface area contributed by atoms with Gasteiger partial charge in [-0.25, -0.2) is 12.8 Å². The minimum absolute atomic E-state index is 0.0845. The van der Waals surface area contributed by atoms with Crippen molar-refractivity contribution in [1.82, 2.24) is 0 Å². The fourth-order valence-electron chi connectivity index (χ4n) is 1.35. The van der Waals surface area contributed by atoms with Gasteiger partial charge in [-0.1, -0.05) is 17.7 Å². The van der Waals surface area contributed by atoms with E-state index in [0.29, 0.717) is 0 Å². The van der Waals surface area contributed by atoms with Crippen molar-refractivity contribution in [3.8, 4) is 0 Å². The molecule has 6 heteroatoms. The second-order valence-corrected chi connectivity index (χ2v) is 6.33. The highest BCUT2D eigenvalue weighted by molar-refractivity contribution is 7.90. The van der Waals surface area contributed by atoms with Crippen molar-refractivity contribution in [2.45, 2.75) is 12.5 Å². The molecule has 0 heterocycles. The minimum Gasteiger partial charge on any atom is -0.324 e.